The fourth-order valence-electron chi connectivity index (χ4n) is 1.84. The molecule has 0 heterocycles. The van der Waals surface area contributed by atoms with E-state index in [0.717, 1.165) is 5.56 Å². The number of hydrogen-bond acceptors (Lipinski definition) is 3. The molecule has 0 spiro atoms. The fraction of sp³-hybridized carbons (Fsp3) is 0.188. The molecule has 0 saturated heterocycles. The Kier molecular flexibility index (Phi) is 3.85. The fourth-order valence-corrected chi connectivity index (χ4v) is 1.84. The minimum atomic E-state index is -0.0616. The van der Waals surface area contributed by atoms with Gasteiger partial charge < -0.3 is 9.84 Å². The number of aromatic hydroxyl groups is 1. The van der Waals surface area contributed by atoms with Crippen LogP contribution in [0.5, 0.6) is 11.5 Å². The van der Waals surface area contributed by atoms with Gasteiger partial charge in [-0.25, -0.2) is 0 Å². The van der Waals surface area contributed by atoms with Crippen LogP contribution in [0, 0.1) is 13.8 Å². The largest absolute Gasteiger partial charge is 0.507 e. The lowest BCUT2D eigenvalue weighted by Gasteiger charge is -2.11. The maximum atomic E-state index is 10.6. The average molecular weight is 256 g/mol. The summed E-state index contributed by atoms with van der Waals surface area (Å²) in [6, 6.07) is 10.7. The second kappa shape index (κ2) is 5.57. The summed E-state index contributed by atoms with van der Waals surface area (Å²) in [6.07, 6.45) is 0.615. The van der Waals surface area contributed by atoms with E-state index in [0.29, 0.717) is 18.6 Å². The van der Waals surface area contributed by atoms with E-state index in [1.54, 1.807) is 12.1 Å². The highest BCUT2D eigenvalue weighted by Crippen LogP contribution is 2.23. The minimum Gasteiger partial charge on any atom is -0.507 e. The van der Waals surface area contributed by atoms with Crippen molar-refractivity contribution in [3.8, 4) is 11.5 Å². The molecule has 0 radical (unpaired) electrons. The molecule has 2 aromatic carbocycles. The van der Waals surface area contributed by atoms with E-state index in [-0.39, 0.29) is 11.3 Å². The molecule has 0 fully saturated rings. The van der Waals surface area contributed by atoms with Crippen molar-refractivity contribution >= 4 is 6.29 Å². The monoisotopic (exact) mass is 256 g/mol. The number of carbonyl (C=O) groups is 1. The second-order valence-corrected chi connectivity index (χ2v) is 4.49. The number of aldehydes is 1. The highest BCUT2D eigenvalue weighted by atomic mass is 16.5. The lowest BCUT2D eigenvalue weighted by molar-refractivity contribution is 0.112. The Balaban J connectivity index is 2.12. The number of ether oxygens (including phenoxy) is 1. The van der Waals surface area contributed by atoms with Gasteiger partial charge in [-0.2, -0.15) is 0 Å². The molecule has 0 aromatic heterocycles. The number of rotatable bonds is 4. The molecule has 2 aromatic rings. The number of carbonyl (C=O) groups excluding carboxylic acids is 1. The third kappa shape index (κ3) is 2.94. The van der Waals surface area contributed by atoms with Crippen molar-refractivity contribution < 1.29 is 14.6 Å². The molecule has 0 aliphatic heterocycles. The molecule has 0 unspecified atom stereocenters. The Labute approximate surface area is 112 Å². The maximum absolute atomic E-state index is 10.6. The van der Waals surface area contributed by atoms with Crippen LogP contribution in [0.1, 0.15) is 27.0 Å². The Morgan fingerprint density at radius 2 is 2.00 bits per heavy atom. The lowest BCUT2D eigenvalue weighted by Crippen LogP contribution is -1.99. The van der Waals surface area contributed by atoms with E-state index in [9.17, 15) is 9.90 Å². The molecule has 98 valence electrons. The SMILES string of the molecule is Cc1cccc(COc2ccc(C=O)c(O)c2)c1C. The Hall–Kier alpha value is -2.29. The number of benzene rings is 2. The van der Waals surface area contributed by atoms with Gasteiger partial charge in [-0.3, -0.25) is 4.79 Å². The second-order valence-electron chi connectivity index (χ2n) is 4.49. The van der Waals surface area contributed by atoms with Gasteiger partial charge in [-0.05, 0) is 42.7 Å². The van der Waals surface area contributed by atoms with E-state index >= 15 is 0 Å². The van der Waals surface area contributed by atoms with E-state index in [4.69, 9.17) is 4.74 Å². The zero-order chi connectivity index (χ0) is 13.8. The van der Waals surface area contributed by atoms with Crippen LogP contribution in [0.3, 0.4) is 0 Å². The van der Waals surface area contributed by atoms with Gasteiger partial charge in [0.05, 0.1) is 5.56 Å². The smallest absolute Gasteiger partial charge is 0.153 e. The van der Waals surface area contributed by atoms with E-state index in [1.165, 1.54) is 17.2 Å². The predicted octanol–water partition coefficient (Wildman–Crippen LogP) is 3.40. The molecule has 0 atom stereocenters. The highest BCUT2D eigenvalue weighted by Gasteiger charge is 2.04. The summed E-state index contributed by atoms with van der Waals surface area (Å²) >= 11 is 0. The zero-order valence-corrected chi connectivity index (χ0v) is 11.0. The number of hydrogen-bond donors (Lipinski definition) is 1. The van der Waals surface area contributed by atoms with E-state index in [1.807, 2.05) is 12.1 Å². The normalized spacial score (nSPS) is 10.2. The quantitative estimate of drug-likeness (QED) is 0.853. The van der Waals surface area contributed by atoms with E-state index in [2.05, 4.69) is 19.9 Å². The van der Waals surface area contributed by atoms with Gasteiger partial charge in [0, 0.05) is 6.07 Å². The Morgan fingerprint density at radius 1 is 1.21 bits per heavy atom. The number of aryl methyl sites for hydroxylation is 1. The first-order valence-corrected chi connectivity index (χ1v) is 6.08. The molecule has 3 heteroatoms. The first-order valence-electron chi connectivity index (χ1n) is 6.08. The van der Waals surface area contributed by atoms with Crippen LogP contribution in [0.2, 0.25) is 0 Å². The van der Waals surface area contributed by atoms with Gasteiger partial charge >= 0.3 is 0 Å². The van der Waals surface area contributed by atoms with Gasteiger partial charge in [0.2, 0.25) is 0 Å². The van der Waals surface area contributed by atoms with E-state index < -0.39 is 0 Å². The molecule has 0 saturated carbocycles. The van der Waals surface area contributed by atoms with Gasteiger partial charge in [-0.1, -0.05) is 18.2 Å². The van der Waals surface area contributed by atoms with Crippen LogP contribution in [0.4, 0.5) is 0 Å². The van der Waals surface area contributed by atoms with Crippen LogP contribution in [-0.4, -0.2) is 11.4 Å². The van der Waals surface area contributed by atoms with Crippen LogP contribution < -0.4 is 4.74 Å². The van der Waals surface area contributed by atoms with Crippen molar-refractivity contribution in [1.29, 1.82) is 0 Å². The summed E-state index contributed by atoms with van der Waals surface area (Å²) in [7, 11) is 0. The summed E-state index contributed by atoms with van der Waals surface area (Å²) in [5.41, 5.74) is 3.80. The van der Waals surface area contributed by atoms with Crippen molar-refractivity contribution in [1.82, 2.24) is 0 Å². The minimum absolute atomic E-state index is 0.0616. The van der Waals surface area contributed by atoms with Crippen LogP contribution in [-0.2, 0) is 6.61 Å². The van der Waals surface area contributed by atoms with Crippen molar-refractivity contribution in [3.05, 3.63) is 58.7 Å². The van der Waals surface area contributed by atoms with Crippen LogP contribution in [0.15, 0.2) is 36.4 Å². The van der Waals surface area contributed by atoms with Gasteiger partial charge in [0.25, 0.3) is 0 Å². The zero-order valence-electron chi connectivity index (χ0n) is 11.0. The van der Waals surface area contributed by atoms with Crippen molar-refractivity contribution in [2.24, 2.45) is 0 Å². The van der Waals surface area contributed by atoms with Crippen LogP contribution in [0.25, 0.3) is 0 Å². The topological polar surface area (TPSA) is 46.5 Å². The number of phenols is 1. The molecule has 3 nitrogen and oxygen atoms in total. The summed E-state index contributed by atoms with van der Waals surface area (Å²) in [6.45, 7) is 4.55. The van der Waals surface area contributed by atoms with Gasteiger partial charge in [0.1, 0.15) is 18.1 Å². The van der Waals surface area contributed by atoms with Crippen LogP contribution >= 0.6 is 0 Å². The molecule has 0 aliphatic carbocycles. The number of phenolic OH excluding ortho intramolecular Hbond substituents is 1. The molecule has 1 N–H and O–H groups in total. The lowest BCUT2D eigenvalue weighted by atomic mass is 10.0. The summed E-state index contributed by atoms with van der Waals surface area (Å²) in [4.78, 5) is 10.6. The molecule has 0 aliphatic rings. The van der Waals surface area contributed by atoms with Gasteiger partial charge in [-0.15, -0.1) is 0 Å². The average Bonchev–Trinajstić information content (AvgIpc) is 2.40. The molecule has 2 rings (SSSR count). The third-order valence-electron chi connectivity index (χ3n) is 3.24. The summed E-state index contributed by atoms with van der Waals surface area (Å²) in [5.74, 6) is 0.484. The predicted molar refractivity (Wildman–Crippen MR) is 73.7 cm³/mol. The van der Waals surface area contributed by atoms with Gasteiger partial charge in [0.15, 0.2) is 6.29 Å². The summed E-state index contributed by atoms with van der Waals surface area (Å²) in [5, 5.41) is 9.58. The maximum Gasteiger partial charge on any atom is 0.153 e. The summed E-state index contributed by atoms with van der Waals surface area (Å²) < 4.78 is 5.63. The van der Waals surface area contributed by atoms with Crippen molar-refractivity contribution in [2.45, 2.75) is 20.5 Å². The molecule has 0 bridgehead atoms. The Bertz CT molecular complexity index is 603. The van der Waals surface area contributed by atoms with Crippen molar-refractivity contribution in [2.75, 3.05) is 0 Å². The third-order valence-corrected chi connectivity index (χ3v) is 3.24. The molecule has 0 amide bonds. The standard InChI is InChI=1S/C16H16O3/c1-11-4-3-5-14(12(11)2)10-19-15-7-6-13(9-17)16(18)8-15/h3-9,18H,10H2,1-2H3. The molecular formula is C16H16O3. The molecular weight excluding hydrogens is 240 g/mol. The first-order chi connectivity index (χ1) is 9.11. The van der Waals surface area contributed by atoms with Crippen molar-refractivity contribution in [3.63, 3.8) is 0 Å². The highest BCUT2D eigenvalue weighted by molar-refractivity contribution is 5.79. The Morgan fingerprint density at radius 3 is 2.68 bits per heavy atom. The first kappa shape index (κ1) is 13.1. The molecule has 19 heavy (non-hydrogen) atoms.